The van der Waals surface area contributed by atoms with Gasteiger partial charge in [0.2, 0.25) is 5.91 Å². The summed E-state index contributed by atoms with van der Waals surface area (Å²) in [4.78, 5) is 24.0. The Balaban J connectivity index is 2.16. The van der Waals surface area contributed by atoms with Gasteiger partial charge in [-0.2, -0.15) is 0 Å². The van der Waals surface area contributed by atoms with Gasteiger partial charge in [-0.1, -0.05) is 19.1 Å². The lowest BCUT2D eigenvalue weighted by Crippen LogP contribution is -2.40. The second-order valence-electron chi connectivity index (χ2n) is 5.98. The van der Waals surface area contributed by atoms with Crippen molar-refractivity contribution in [2.75, 3.05) is 19.5 Å². The van der Waals surface area contributed by atoms with E-state index in [2.05, 4.69) is 5.32 Å². The monoisotopic (exact) mass is 356 g/mol. The molecule has 0 fully saturated rings. The number of aliphatic carboxylic acids is 1. The molecule has 0 heterocycles. The van der Waals surface area contributed by atoms with Gasteiger partial charge in [0.25, 0.3) is 0 Å². The van der Waals surface area contributed by atoms with E-state index in [0.29, 0.717) is 17.2 Å². The number of hydrogen-bond acceptors (Lipinski definition) is 5. The van der Waals surface area contributed by atoms with Gasteiger partial charge in [0, 0.05) is 17.6 Å². The highest BCUT2D eigenvalue weighted by molar-refractivity contribution is 5.95. The van der Waals surface area contributed by atoms with E-state index >= 15 is 0 Å². The number of ether oxygens (including phenoxy) is 2. The first-order valence-electron chi connectivity index (χ1n) is 8.23. The fourth-order valence-corrected chi connectivity index (χ4v) is 2.59. The van der Waals surface area contributed by atoms with Gasteiger partial charge in [-0.15, -0.1) is 0 Å². The fraction of sp³-hybridized carbons (Fsp3) is 0.300. The summed E-state index contributed by atoms with van der Waals surface area (Å²) < 4.78 is 10.2. The summed E-state index contributed by atoms with van der Waals surface area (Å²) in [5, 5.41) is 14.1. The Morgan fingerprint density at radius 2 is 1.46 bits per heavy atom. The van der Waals surface area contributed by atoms with Crippen molar-refractivity contribution in [3.05, 3.63) is 54.1 Å². The van der Waals surface area contributed by atoms with Gasteiger partial charge in [0.05, 0.1) is 20.1 Å². The third kappa shape index (κ3) is 4.99. The number of anilines is 1. The number of carboxylic acids is 1. The molecular weight excluding hydrogens is 334 g/mol. The van der Waals surface area contributed by atoms with Crippen molar-refractivity contribution in [3.63, 3.8) is 0 Å². The van der Waals surface area contributed by atoms with Crippen LogP contribution in [0.4, 0.5) is 5.69 Å². The van der Waals surface area contributed by atoms with Crippen molar-refractivity contribution >= 4 is 17.6 Å². The highest BCUT2D eigenvalue weighted by Crippen LogP contribution is 2.22. The van der Waals surface area contributed by atoms with E-state index in [1.54, 1.807) is 50.6 Å². The maximum absolute atomic E-state index is 12.7. The van der Waals surface area contributed by atoms with Crippen LogP contribution in [-0.4, -0.2) is 26.1 Å². The Morgan fingerprint density at radius 3 is 1.92 bits per heavy atom. The quantitative estimate of drug-likeness (QED) is 0.780. The van der Waals surface area contributed by atoms with Crippen LogP contribution < -0.4 is 19.9 Å². The molecule has 0 radical (unpaired) electrons. The standard InChI is InChI=1S/C20H23NO5/c1-13(20(23)24)18(12-14-4-8-16(25-2)9-5-14)19(22)21-15-6-10-17(26-3)11-7-15/h4-11,13,18H,12H2,1-3H3,(H,21,22)(H,23,24)/p-1/t13-,18-/m0/s1. The Kier molecular flexibility index (Phi) is 6.60. The molecule has 1 amide bonds. The second kappa shape index (κ2) is 8.89. The lowest BCUT2D eigenvalue weighted by Gasteiger charge is -2.24. The first-order chi connectivity index (χ1) is 12.4. The summed E-state index contributed by atoms with van der Waals surface area (Å²) in [6, 6.07) is 14.0. The predicted octanol–water partition coefficient (Wildman–Crippen LogP) is 1.89. The highest BCUT2D eigenvalue weighted by Gasteiger charge is 2.26. The summed E-state index contributed by atoms with van der Waals surface area (Å²) in [5.74, 6) is -1.97. The Labute approximate surface area is 152 Å². The van der Waals surface area contributed by atoms with Gasteiger partial charge in [-0.25, -0.2) is 0 Å². The van der Waals surface area contributed by atoms with Crippen molar-refractivity contribution in [1.82, 2.24) is 0 Å². The van der Waals surface area contributed by atoms with Gasteiger partial charge in [-0.3, -0.25) is 4.79 Å². The molecule has 0 bridgehead atoms. The van der Waals surface area contributed by atoms with Gasteiger partial charge in [0.1, 0.15) is 11.5 Å². The number of carbonyl (C=O) groups excluding carboxylic acids is 2. The van der Waals surface area contributed by atoms with Gasteiger partial charge >= 0.3 is 0 Å². The van der Waals surface area contributed by atoms with Crippen LogP contribution in [0.5, 0.6) is 11.5 Å². The number of amides is 1. The van der Waals surface area contributed by atoms with Crippen molar-refractivity contribution < 1.29 is 24.2 Å². The van der Waals surface area contributed by atoms with Crippen molar-refractivity contribution in [2.45, 2.75) is 13.3 Å². The first kappa shape index (κ1) is 19.3. The second-order valence-corrected chi connectivity index (χ2v) is 5.98. The smallest absolute Gasteiger partial charge is 0.228 e. The van der Waals surface area contributed by atoms with Crippen LogP contribution in [0.2, 0.25) is 0 Å². The molecule has 2 aromatic carbocycles. The number of rotatable bonds is 8. The molecule has 0 aromatic heterocycles. The summed E-state index contributed by atoms with van der Waals surface area (Å²) in [6.07, 6.45) is 0.279. The Bertz CT molecular complexity index is 740. The third-order valence-corrected chi connectivity index (χ3v) is 4.28. The summed E-state index contributed by atoms with van der Waals surface area (Å²) >= 11 is 0. The van der Waals surface area contributed by atoms with Crippen LogP contribution in [-0.2, 0) is 16.0 Å². The molecule has 2 rings (SSSR count). The average molecular weight is 356 g/mol. The molecule has 0 aliphatic carbocycles. The summed E-state index contributed by atoms with van der Waals surface area (Å²) in [7, 11) is 3.12. The normalized spacial score (nSPS) is 12.7. The van der Waals surface area contributed by atoms with Crippen molar-refractivity contribution in [2.24, 2.45) is 11.8 Å². The van der Waals surface area contributed by atoms with Crippen LogP contribution in [0.25, 0.3) is 0 Å². The van der Waals surface area contributed by atoms with E-state index in [1.165, 1.54) is 6.92 Å². The summed E-state index contributed by atoms with van der Waals surface area (Å²) in [6.45, 7) is 1.48. The maximum Gasteiger partial charge on any atom is 0.228 e. The molecule has 138 valence electrons. The molecule has 0 saturated carbocycles. The predicted molar refractivity (Wildman–Crippen MR) is 96.0 cm³/mol. The van der Waals surface area contributed by atoms with E-state index in [0.717, 1.165) is 5.56 Å². The maximum atomic E-state index is 12.7. The highest BCUT2D eigenvalue weighted by atomic mass is 16.5. The first-order valence-corrected chi connectivity index (χ1v) is 8.23. The largest absolute Gasteiger partial charge is 0.550 e. The average Bonchev–Trinajstić information content (AvgIpc) is 2.66. The van der Waals surface area contributed by atoms with E-state index < -0.39 is 17.8 Å². The number of methoxy groups -OCH3 is 2. The van der Waals surface area contributed by atoms with Crippen LogP contribution in [0.1, 0.15) is 12.5 Å². The number of benzene rings is 2. The minimum atomic E-state index is -1.26. The van der Waals surface area contributed by atoms with E-state index in [-0.39, 0.29) is 12.3 Å². The molecule has 2 aromatic rings. The van der Waals surface area contributed by atoms with Crippen molar-refractivity contribution in [1.29, 1.82) is 0 Å². The van der Waals surface area contributed by atoms with E-state index in [1.807, 2.05) is 12.1 Å². The van der Waals surface area contributed by atoms with Gasteiger partial charge in [0.15, 0.2) is 0 Å². The molecular formula is C20H22NO5-. The SMILES string of the molecule is COc1ccc(C[C@H](C(=O)Nc2ccc(OC)cc2)[C@H](C)C(=O)[O-])cc1. The lowest BCUT2D eigenvalue weighted by molar-refractivity contribution is -0.312. The molecule has 0 aliphatic rings. The Morgan fingerprint density at radius 1 is 0.962 bits per heavy atom. The molecule has 0 unspecified atom stereocenters. The zero-order chi connectivity index (χ0) is 19.1. The zero-order valence-corrected chi connectivity index (χ0v) is 15.0. The summed E-state index contributed by atoms with van der Waals surface area (Å²) in [5.41, 5.74) is 1.41. The third-order valence-electron chi connectivity index (χ3n) is 4.28. The van der Waals surface area contributed by atoms with Crippen LogP contribution in [0.3, 0.4) is 0 Å². The van der Waals surface area contributed by atoms with Crippen LogP contribution >= 0.6 is 0 Å². The molecule has 1 N–H and O–H groups in total. The molecule has 26 heavy (non-hydrogen) atoms. The zero-order valence-electron chi connectivity index (χ0n) is 15.0. The number of carboxylic acid groups (broad SMARTS) is 1. The fourth-order valence-electron chi connectivity index (χ4n) is 2.59. The topological polar surface area (TPSA) is 87.7 Å². The van der Waals surface area contributed by atoms with E-state index in [9.17, 15) is 14.7 Å². The molecule has 6 nitrogen and oxygen atoms in total. The molecule has 0 saturated heterocycles. The minimum Gasteiger partial charge on any atom is -0.550 e. The lowest BCUT2D eigenvalue weighted by atomic mass is 9.87. The minimum absolute atomic E-state index is 0.279. The molecule has 0 spiro atoms. The Hall–Kier alpha value is -3.02. The number of nitrogens with one attached hydrogen (secondary N) is 1. The van der Waals surface area contributed by atoms with Gasteiger partial charge in [-0.05, 0) is 48.4 Å². The van der Waals surface area contributed by atoms with Gasteiger partial charge < -0.3 is 24.7 Å². The van der Waals surface area contributed by atoms with Crippen LogP contribution in [0, 0.1) is 11.8 Å². The molecule has 0 aliphatic heterocycles. The number of hydrogen-bond donors (Lipinski definition) is 1. The van der Waals surface area contributed by atoms with E-state index in [4.69, 9.17) is 9.47 Å². The molecule has 6 heteroatoms. The van der Waals surface area contributed by atoms with Crippen molar-refractivity contribution in [3.8, 4) is 11.5 Å². The molecule has 2 atom stereocenters. The van der Waals surface area contributed by atoms with Crippen LogP contribution in [0.15, 0.2) is 48.5 Å². The number of carbonyl (C=O) groups is 2.